The first-order chi connectivity index (χ1) is 26.4. The van der Waals surface area contributed by atoms with Crippen LogP contribution in [-0.2, 0) is 28.5 Å². The molecule has 10 nitrogen and oxygen atoms in total. The fourth-order valence-electron chi connectivity index (χ4n) is 7.03. The molecule has 0 spiro atoms. The minimum Gasteiger partial charge on any atom is -0.441 e. The van der Waals surface area contributed by atoms with Crippen LogP contribution in [-0.4, -0.2) is 61.6 Å². The maximum atomic E-state index is 12.4. The van der Waals surface area contributed by atoms with E-state index < -0.39 is 36.6 Å². The average Bonchev–Trinajstić information content (AvgIpc) is 3.74. The van der Waals surface area contributed by atoms with Crippen molar-refractivity contribution in [2.75, 3.05) is 13.2 Å². The molecule has 310 valence electrons. The fourth-order valence-corrected chi connectivity index (χ4v) is 7.03. The molecule has 4 amide bonds. The highest BCUT2D eigenvalue weighted by molar-refractivity contribution is 5.92. The molecule has 2 aliphatic rings. The molecule has 0 saturated carbocycles. The van der Waals surface area contributed by atoms with E-state index in [4.69, 9.17) is 18.9 Å². The SMILES string of the molecule is CCCCCCCCC=CCCCCCCCC(=O)NC(=O)O[C@H]1CO[C@H]2[C@@H]1OC[C@H]2OC(=O)NC(=O)CCCCCCCC=CCCCCCCCC. The van der Waals surface area contributed by atoms with Crippen molar-refractivity contribution >= 4 is 24.0 Å². The number of imide groups is 2. The quantitative estimate of drug-likeness (QED) is 0.0512. The number of amides is 4. The third-order valence-corrected chi connectivity index (χ3v) is 10.3. The minimum atomic E-state index is -0.839. The smallest absolute Gasteiger partial charge is 0.414 e. The summed E-state index contributed by atoms with van der Waals surface area (Å²) in [5, 5.41) is 4.59. The maximum Gasteiger partial charge on any atom is 0.414 e. The number of alkyl carbamates (subject to hydrolysis) is 2. The number of nitrogens with one attached hydrogen (secondary N) is 2. The Bertz CT molecular complexity index is 981. The van der Waals surface area contributed by atoms with E-state index in [1.54, 1.807) is 0 Å². The zero-order chi connectivity index (χ0) is 38.9. The van der Waals surface area contributed by atoms with Gasteiger partial charge >= 0.3 is 12.2 Å². The Balaban J connectivity index is 1.44. The lowest BCUT2D eigenvalue weighted by atomic mass is 10.1. The Hall–Kier alpha value is -2.72. The van der Waals surface area contributed by atoms with Crippen molar-refractivity contribution in [3.63, 3.8) is 0 Å². The number of rotatable bonds is 32. The molecule has 2 aliphatic heterocycles. The molecular formula is C44H76N2O8. The van der Waals surface area contributed by atoms with Gasteiger partial charge in [-0.3, -0.25) is 20.2 Å². The van der Waals surface area contributed by atoms with Gasteiger partial charge in [-0.15, -0.1) is 0 Å². The van der Waals surface area contributed by atoms with E-state index in [1.165, 1.54) is 89.9 Å². The van der Waals surface area contributed by atoms with Gasteiger partial charge in [-0.25, -0.2) is 9.59 Å². The topological polar surface area (TPSA) is 129 Å². The average molecular weight is 761 g/mol. The number of unbranched alkanes of at least 4 members (excludes halogenated alkanes) is 22. The van der Waals surface area contributed by atoms with Crippen molar-refractivity contribution < 1.29 is 38.1 Å². The van der Waals surface area contributed by atoms with Crippen LogP contribution >= 0.6 is 0 Å². The van der Waals surface area contributed by atoms with Gasteiger partial charge in [-0.1, -0.05) is 141 Å². The molecule has 0 aliphatic carbocycles. The molecule has 2 N–H and O–H groups in total. The van der Waals surface area contributed by atoms with E-state index in [2.05, 4.69) is 48.8 Å². The van der Waals surface area contributed by atoms with Crippen LogP contribution in [0.15, 0.2) is 24.3 Å². The second-order valence-corrected chi connectivity index (χ2v) is 15.2. The number of carbonyl (C=O) groups is 4. The summed E-state index contributed by atoms with van der Waals surface area (Å²) in [4.78, 5) is 49.3. The third kappa shape index (κ3) is 23.9. The Morgan fingerprint density at radius 3 is 1.09 bits per heavy atom. The second-order valence-electron chi connectivity index (χ2n) is 15.2. The normalized spacial score (nSPS) is 19.4. The predicted molar refractivity (Wildman–Crippen MR) is 215 cm³/mol. The highest BCUT2D eigenvalue weighted by atomic mass is 16.7. The molecule has 2 heterocycles. The van der Waals surface area contributed by atoms with Gasteiger partial charge in [0.1, 0.15) is 12.2 Å². The van der Waals surface area contributed by atoms with Gasteiger partial charge in [0.05, 0.1) is 13.2 Å². The molecule has 10 heteroatoms. The molecule has 0 unspecified atom stereocenters. The van der Waals surface area contributed by atoms with Crippen LogP contribution in [0.1, 0.15) is 194 Å². The van der Waals surface area contributed by atoms with Gasteiger partial charge in [-0.2, -0.15) is 0 Å². The van der Waals surface area contributed by atoms with E-state index in [-0.39, 0.29) is 37.9 Å². The maximum absolute atomic E-state index is 12.4. The first-order valence-electron chi connectivity index (χ1n) is 22.0. The molecule has 4 atom stereocenters. The summed E-state index contributed by atoms with van der Waals surface area (Å²) in [5.41, 5.74) is 0. The lowest BCUT2D eigenvalue weighted by Gasteiger charge is -2.17. The first-order valence-corrected chi connectivity index (χ1v) is 22.0. The molecule has 0 radical (unpaired) electrons. The number of carbonyl (C=O) groups excluding carboxylic acids is 4. The van der Waals surface area contributed by atoms with E-state index in [0.717, 1.165) is 64.2 Å². The Morgan fingerprint density at radius 2 is 0.759 bits per heavy atom. The van der Waals surface area contributed by atoms with Crippen LogP contribution in [0.2, 0.25) is 0 Å². The fraction of sp³-hybridized carbons (Fsp3) is 0.818. The highest BCUT2D eigenvalue weighted by Crippen LogP contribution is 2.30. The van der Waals surface area contributed by atoms with Crippen molar-refractivity contribution in [3.8, 4) is 0 Å². The molecule has 0 aromatic rings. The molecule has 0 aromatic carbocycles. The summed E-state index contributed by atoms with van der Waals surface area (Å²) in [6.45, 7) is 4.61. The van der Waals surface area contributed by atoms with Crippen molar-refractivity contribution in [1.82, 2.24) is 10.6 Å². The second kappa shape index (κ2) is 32.5. The summed E-state index contributed by atoms with van der Waals surface area (Å²) in [6, 6.07) is 0. The number of allylic oxidation sites excluding steroid dienone is 4. The van der Waals surface area contributed by atoms with E-state index >= 15 is 0 Å². The van der Waals surface area contributed by atoms with E-state index in [9.17, 15) is 19.2 Å². The zero-order valence-corrected chi connectivity index (χ0v) is 34.1. The third-order valence-electron chi connectivity index (χ3n) is 10.3. The van der Waals surface area contributed by atoms with Crippen molar-refractivity contribution in [1.29, 1.82) is 0 Å². The first kappa shape index (κ1) is 47.4. The molecular weight excluding hydrogens is 684 g/mol. The molecule has 2 rings (SSSR count). The van der Waals surface area contributed by atoms with Gasteiger partial charge in [-0.05, 0) is 64.2 Å². The lowest BCUT2D eigenvalue weighted by Crippen LogP contribution is -2.41. The van der Waals surface area contributed by atoms with Crippen LogP contribution in [0.5, 0.6) is 0 Å². The molecule has 0 bridgehead atoms. The number of ether oxygens (including phenoxy) is 4. The molecule has 0 aromatic heterocycles. The van der Waals surface area contributed by atoms with Gasteiger partial charge in [0.25, 0.3) is 0 Å². The van der Waals surface area contributed by atoms with Crippen LogP contribution in [0.25, 0.3) is 0 Å². The minimum absolute atomic E-state index is 0.0566. The monoisotopic (exact) mass is 761 g/mol. The molecule has 2 fully saturated rings. The number of fused-ring (bicyclic) bond motifs is 1. The summed E-state index contributed by atoms with van der Waals surface area (Å²) in [5.74, 6) is -0.741. The predicted octanol–water partition coefficient (Wildman–Crippen LogP) is 11.1. The number of hydrogen-bond donors (Lipinski definition) is 2. The summed E-state index contributed by atoms with van der Waals surface area (Å²) in [6.07, 6.45) is 36.0. The van der Waals surface area contributed by atoms with E-state index in [0.29, 0.717) is 12.8 Å². The molecule has 54 heavy (non-hydrogen) atoms. The zero-order valence-electron chi connectivity index (χ0n) is 34.1. The summed E-state index contributed by atoms with van der Waals surface area (Å²) < 4.78 is 22.3. The van der Waals surface area contributed by atoms with Crippen molar-refractivity contribution in [2.24, 2.45) is 0 Å². The van der Waals surface area contributed by atoms with Gasteiger partial charge < -0.3 is 18.9 Å². The highest BCUT2D eigenvalue weighted by Gasteiger charge is 2.51. The van der Waals surface area contributed by atoms with Crippen LogP contribution in [0.4, 0.5) is 9.59 Å². The Morgan fingerprint density at radius 1 is 0.463 bits per heavy atom. The summed E-state index contributed by atoms with van der Waals surface area (Å²) in [7, 11) is 0. The largest absolute Gasteiger partial charge is 0.441 e. The standard InChI is InChI=1S/C44H76N2O8/c1-3-5-7-9-11-13-15-17-19-21-23-25-27-29-31-33-39(47)45-43(49)53-37-35-51-42-38(36-52-41(37)42)54-44(50)46-40(48)34-32-30-28-26-24-22-20-18-16-14-12-10-8-6-4-2/h17-20,37-38,41-42H,3-16,21-36H2,1-2H3,(H,45,47,49)(H,46,48,50)/t37-,38+,41-,42-/m1/s1. The Labute approximate surface area is 327 Å². The van der Waals surface area contributed by atoms with Gasteiger partial charge in [0.2, 0.25) is 11.8 Å². The van der Waals surface area contributed by atoms with E-state index in [1.807, 2.05) is 0 Å². The van der Waals surface area contributed by atoms with Crippen LogP contribution < -0.4 is 10.6 Å². The number of hydrogen-bond acceptors (Lipinski definition) is 8. The molecule has 2 saturated heterocycles. The van der Waals surface area contributed by atoms with Crippen molar-refractivity contribution in [3.05, 3.63) is 24.3 Å². The van der Waals surface area contributed by atoms with Crippen LogP contribution in [0.3, 0.4) is 0 Å². The van der Waals surface area contributed by atoms with Gasteiger partial charge in [0.15, 0.2) is 12.2 Å². The van der Waals surface area contributed by atoms with Gasteiger partial charge in [0, 0.05) is 12.8 Å². The Kier molecular flexibility index (Phi) is 28.6. The lowest BCUT2D eigenvalue weighted by molar-refractivity contribution is -0.121. The summed E-state index contributed by atoms with van der Waals surface area (Å²) >= 11 is 0. The van der Waals surface area contributed by atoms with Crippen LogP contribution in [0, 0.1) is 0 Å². The van der Waals surface area contributed by atoms with Crippen molar-refractivity contribution in [2.45, 2.75) is 218 Å².